The zero-order chi connectivity index (χ0) is 4.50. The number of rotatable bonds is 0. The Balaban J connectivity index is -0.0000000800. The first-order chi connectivity index (χ1) is 2.00. The smallest absolute Gasteiger partial charge is 0.759 e. The van der Waals surface area contributed by atoms with E-state index in [2.05, 4.69) is 0 Å². The molecule has 0 radical (unpaired) electrons. The summed E-state index contributed by atoms with van der Waals surface area (Å²) in [7, 11) is -5.17. The van der Waals surface area contributed by atoms with Crippen molar-refractivity contribution >= 4 is 33.5 Å². The van der Waals surface area contributed by atoms with Gasteiger partial charge in [0.25, 0.3) is 0 Å². The second-order valence-electron chi connectivity index (χ2n) is 0.408. The fourth-order valence-corrected chi connectivity index (χ4v) is 0. The zero-order valence-corrected chi connectivity index (χ0v) is 6.53. The van der Waals surface area contributed by atoms with Crippen molar-refractivity contribution in [2.24, 2.45) is 0 Å². The summed E-state index contributed by atoms with van der Waals surface area (Å²) in [5.74, 6) is 0. The van der Waals surface area contributed by atoms with Gasteiger partial charge in [-0.3, -0.25) is 8.42 Å². The van der Waals surface area contributed by atoms with Crippen molar-refractivity contribution in [3.8, 4) is 0 Å². The SMILES string of the molecule is O=S(=O)([O-])[O-].[MgH2].[Zn+2]. The third-order valence-corrected chi connectivity index (χ3v) is 0. The average Bonchev–Trinajstić information content (AvgIpc) is 0.722. The van der Waals surface area contributed by atoms with Crippen molar-refractivity contribution in [3.63, 3.8) is 0 Å². The Bertz CT molecular complexity index is 94.9. The minimum Gasteiger partial charge on any atom is -0.759 e. The van der Waals surface area contributed by atoms with Gasteiger partial charge < -0.3 is 9.11 Å². The first-order valence-corrected chi connectivity index (χ1v) is 2.00. The number of hydrogen-bond donors (Lipinski definition) is 0. The summed E-state index contributed by atoms with van der Waals surface area (Å²) >= 11 is 0. The standard InChI is InChI=1S/Mg.H2O4S.Zn.2H/c;1-5(2,3)4;;;/h;(H2,1,2,3,4);;;/q;;+2;;/p-2. The van der Waals surface area contributed by atoms with Crippen LogP contribution < -0.4 is 0 Å². The van der Waals surface area contributed by atoms with Crippen molar-refractivity contribution in [1.29, 1.82) is 0 Å². The minimum absolute atomic E-state index is 0. The summed E-state index contributed by atoms with van der Waals surface area (Å²) < 4.78 is 34.1. The fourth-order valence-electron chi connectivity index (χ4n) is 0. The molecule has 0 fully saturated rings. The fraction of sp³-hybridized carbons (Fsp3) is 0. The van der Waals surface area contributed by atoms with Crippen LogP contribution in [-0.4, -0.2) is 40.6 Å². The summed E-state index contributed by atoms with van der Waals surface area (Å²) in [4.78, 5) is 0. The van der Waals surface area contributed by atoms with Crippen molar-refractivity contribution in [3.05, 3.63) is 0 Å². The van der Waals surface area contributed by atoms with E-state index in [-0.39, 0.29) is 42.5 Å². The van der Waals surface area contributed by atoms with Gasteiger partial charge in [-0.2, -0.15) is 0 Å². The Morgan fingerprint density at radius 2 is 1.14 bits per heavy atom. The van der Waals surface area contributed by atoms with Crippen LogP contribution in [0.25, 0.3) is 0 Å². The molecule has 0 aromatic carbocycles. The molecule has 0 rings (SSSR count). The minimum atomic E-state index is -5.17. The van der Waals surface area contributed by atoms with E-state index in [9.17, 15) is 0 Å². The maximum atomic E-state index is 8.52. The molecule has 0 aliphatic heterocycles. The average molecular weight is 188 g/mol. The third kappa shape index (κ3) is 127. The van der Waals surface area contributed by atoms with Gasteiger partial charge in [0.2, 0.25) is 0 Å². The predicted octanol–water partition coefficient (Wildman–Crippen LogP) is -2.26. The first-order valence-electron chi connectivity index (χ1n) is 0.667. The monoisotopic (exact) mass is 186 g/mol. The van der Waals surface area contributed by atoms with Gasteiger partial charge in [-0.1, -0.05) is 0 Å². The molecule has 0 aliphatic rings. The van der Waals surface area contributed by atoms with E-state index in [0.29, 0.717) is 0 Å². The summed E-state index contributed by atoms with van der Waals surface area (Å²) in [6, 6.07) is 0. The van der Waals surface area contributed by atoms with Gasteiger partial charge >= 0.3 is 42.5 Å². The van der Waals surface area contributed by atoms with Crippen LogP contribution in [0.1, 0.15) is 0 Å². The van der Waals surface area contributed by atoms with Crippen LogP contribution in [0.3, 0.4) is 0 Å². The van der Waals surface area contributed by atoms with Crippen LogP contribution in [-0.2, 0) is 29.9 Å². The van der Waals surface area contributed by atoms with E-state index >= 15 is 0 Å². The van der Waals surface area contributed by atoms with Gasteiger partial charge in [-0.15, -0.1) is 0 Å². The molecule has 4 nitrogen and oxygen atoms in total. The molecule has 0 aromatic rings. The summed E-state index contributed by atoms with van der Waals surface area (Å²) in [6.07, 6.45) is 0. The van der Waals surface area contributed by atoms with Crippen molar-refractivity contribution in [1.82, 2.24) is 0 Å². The number of hydrogen-bond acceptors (Lipinski definition) is 4. The second-order valence-corrected chi connectivity index (χ2v) is 1.22. The first kappa shape index (κ1) is 15.7. The molecule has 0 spiro atoms. The summed E-state index contributed by atoms with van der Waals surface area (Å²) in [5.41, 5.74) is 0. The van der Waals surface area contributed by atoms with E-state index in [0.717, 1.165) is 0 Å². The van der Waals surface area contributed by atoms with Crippen LogP contribution in [0.5, 0.6) is 0 Å². The molecule has 36 valence electrons. The van der Waals surface area contributed by atoms with Gasteiger partial charge in [0, 0.05) is 10.4 Å². The topological polar surface area (TPSA) is 80.3 Å². The van der Waals surface area contributed by atoms with Gasteiger partial charge in [-0.05, 0) is 0 Å². The summed E-state index contributed by atoms with van der Waals surface area (Å²) in [5, 5.41) is 0. The largest absolute Gasteiger partial charge is 2.00 e. The normalized spacial score (nSPS) is 8.29. The van der Waals surface area contributed by atoms with Crippen LogP contribution >= 0.6 is 0 Å². The molecular weight excluding hydrogens is 186 g/mol. The molecule has 0 atom stereocenters. The van der Waals surface area contributed by atoms with E-state index < -0.39 is 10.4 Å². The quantitative estimate of drug-likeness (QED) is 0.244. The van der Waals surface area contributed by atoms with Crippen LogP contribution in [0.4, 0.5) is 0 Å². The Morgan fingerprint density at radius 3 is 1.14 bits per heavy atom. The van der Waals surface area contributed by atoms with Crippen molar-refractivity contribution in [2.75, 3.05) is 0 Å². The van der Waals surface area contributed by atoms with E-state index in [4.69, 9.17) is 17.5 Å². The molecule has 0 aromatic heterocycles. The Morgan fingerprint density at radius 1 is 1.14 bits per heavy atom. The Kier molecular flexibility index (Phi) is 12.1. The molecule has 0 aliphatic carbocycles. The van der Waals surface area contributed by atoms with Crippen molar-refractivity contribution in [2.45, 2.75) is 0 Å². The predicted molar refractivity (Wildman–Crippen MR) is 19.0 cm³/mol. The molecule has 7 heavy (non-hydrogen) atoms. The molecule has 0 bridgehead atoms. The van der Waals surface area contributed by atoms with Crippen LogP contribution in [0, 0.1) is 0 Å². The maximum absolute atomic E-state index is 8.52. The van der Waals surface area contributed by atoms with Gasteiger partial charge in [0.1, 0.15) is 0 Å². The molecule has 7 heteroatoms. The van der Waals surface area contributed by atoms with Gasteiger partial charge in [0.05, 0.1) is 0 Å². The van der Waals surface area contributed by atoms with E-state index in [1.807, 2.05) is 0 Å². The second kappa shape index (κ2) is 5.40. The van der Waals surface area contributed by atoms with Gasteiger partial charge in [0.15, 0.2) is 0 Å². The molecule has 0 saturated carbocycles. The molecule has 0 saturated heterocycles. The zero-order valence-electron chi connectivity index (χ0n) is 2.75. The van der Waals surface area contributed by atoms with Crippen LogP contribution in [0.15, 0.2) is 0 Å². The van der Waals surface area contributed by atoms with Crippen molar-refractivity contribution < 1.29 is 37.0 Å². The Labute approximate surface area is 70.2 Å². The molecule has 0 heterocycles. The molecule has 0 N–H and O–H groups in total. The van der Waals surface area contributed by atoms with E-state index in [1.165, 1.54) is 0 Å². The third-order valence-electron chi connectivity index (χ3n) is 0. The van der Waals surface area contributed by atoms with Crippen LogP contribution in [0.2, 0.25) is 0 Å². The summed E-state index contributed by atoms with van der Waals surface area (Å²) in [6.45, 7) is 0. The van der Waals surface area contributed by atoms with E-state index in [1.54, 1.807) is 0 Å². The molecule has 0 unspecified atom stereocenters. The Hall–Kier alpha value is 1.26. The maximum Gasteiger partial charge on any atom is 2.00 e. The molecular formula is H2MgO4SZn. The molecule has 0 amide bonds. The van der Waals surface area contributed by atoms with Gasteiger partial charge in [-0.25, -0.2) is 0 Å².